The first-order chi connectivity index (χ1) is 12.9. The highest BCUT2D eigenvalue weighted by atomic mass is 16.5. The van der Waals surface area contributed by atoms with E-state index in [2.05, 4.69) is 49.4 Å². The zero-order chi connectivity index (χ0) is 19.0. The van der Waals surface area contributed by atoms with E-state index in [-0.39, 0.29) is 0 Å². The second kappa shape index (κ2) is 6.41. The number of rotatable bonds is 2. The predicted molar refractivity (Wildman–Crippen MR) is 107 cm³/mol. The average Bonchev–Trinajstić information content (AvgIpc) is 2.66. The Morgan fingerprint density at radius 2 is 1.85 bits per heavy atom. The molecular formula is C24H20N2O. The van der Waals surface area contributed by atoms with Crippen molar-refractivity contribution in [3.8, 4) is 22.9 Å². The summed E-state index contributed by atoms with van der Waals surface area (Å²) in [6.45, 7) is 6.13. The second-order valence-electron chi connectivity index (χ2n) is 7.39. The highest BCUT2D eigenvalue weighted by Gasteiger charge is 2.28. The SMILES string of the molecule is Cc1cccc(-c2ccc(C3=CC(C)(C)Oc4ccc(C#N)cc43)nc2)c1. The number of hydrogen-bond acceptors (Lipinski definition) is 3. The third kappa shape index (κ3) is 3.35. The third-order valence-electron chi connectivity index (χ3n) is 4.65. The van der Waals surface area contributed by atoms with Crippen LogP contribution in [0.1, 0.15) is 36.2 Å². The summed E-state index contributed by atoms with van der Waals surface area (Å²) in [7, 11) is 0. The second-order valence-corrected chi connectivity index (χ2v) is 7.39. The van der Waals surface area contributed by atoms with Gasteiger partial charge in [-0.2, -0.15) is 5.26 Å². The van der Waals surface area contributed by atoms with Gasteiger partial charge in [0.2, 0.25) is 0 Å². The lowest BCUT2D eigenvalue weighted by Crippen LogP contribution is -2.29. The number of nitriles is 1. The summed E-state index contributed by atoms with van der Waals surface area (Å²) in [6.07, 6.45) is 3.98. The van der Waals surface area contributed by atoms with Crippen molar-refractivity contribution in [3.05, 3.63) is 89.3 Å². The summed E-state index contributed by atoms with van der Waals surface area (Å²) in [5.74, 6) is 0.779. The fourth-order valence-corrected chi connectivity index (χ4v) is 3.40. The molecule has 0 unspecified atom stereocenters. The highest BCUT2D eigenvalue weighted by molar-refractivity contribution is 5.84. The zero-order valence-electron chi connectivity index (χ0n) is 15.7. The van der Waals surface area contributed by atoms with E-state index < -0.39 is 5.60 Å². The standard InChI is InChI=1S/C24H20N2O/c1-16-5-4-6-18(11-16)19-8-9-22(26-15-19)21-13-24(2,3)27-23-10-7-17(14-25)12-20(21)23/h4-13,15H,1-3H3. The Morgan fingerprint density at radius 3 is 2.56 bits per heavy atom. The van der Waals surface area contributed by atoms with Crippen LogP contribution in [0.15, 0.2) is 66.9 Å². The molecule has 1 aromatic heterocycles. The molecule has 0 radical (unpaired) electrons. The number of aryl methyl sites for hydroxylation is 1. The molecule has 0 bridgehead atoms. The number of fused-ring (bicyclic) bond motifs is 1. The van der Waals surface area contributed by atoms with Gasteiger partial charge in [0.15, 0.2) is 0 Å². The van der Waals surface area contributed by atoms with Crippen molar-refractivity contribution in [2.24, 2.45) is 0 Å². The maximum atomic E-state index is 9.26. The Balaban J connectivity index is 1.78. The lowest BCUT2D eigenvalue weighted by Gasteiger charge is -2.31. The molecular weight excluding hydrogens is 332 g/mol. The van der Waals surface area contributed by atoms with Gasteiger partial charge < -0.3 is 4.74 Å². The van der Waals surface area contributed by atoms with Crippen LogP contribution in [0, 0.1) is 18.3 Å². The van der Waals surface area contributed by atoms with Crippen LogP contribution >= 0.6 is 0 Å². The summed E-state index contributed by atoms with van der Waals surface area (Å²) >= 11 is 0. The molecule has 4 rings (SSSR count). The minimum atomic E-state index is -0.437. The fourth-order valence-electron chi connectivity index (χ4n) is 3.40. The molecule has 27 heavy (non-hydrogen) atoms. The number of pyridine rings is 1. The molecule has 0 aliphatic carbocycles. The zero-order valence-corrected chi connectivity index (χ0v) is 15.7. The average molecular weight is 352 g/mol. The normalized spacial score (nSPS) is 14.5. The monoisotopic (exact) mass is 352 g/mol. The largest absolute Gasteiger partial charge is 0.483 e. The molecule has 0 spiro atoms. The van der Waals surface area contributed by atoms with Crippen molar-refractivity contribution in [1.29, 1.82) is 5.26 Å². The van der Waals surface area contributed by atoms with E-state index in [1.54, 1.807) is 6.07 Å². The fraction of sp³-hybridized carbons (Fsp3) is 0.167. The van der Waals surface area contributed by atoms with Crippen molar-refractivity contribution < 1.29 is 4.74 Å². The number of benzene rings is 2. The molecule has 0 atom stereocenters. The molecule has 2 heterocycles. The summed E-state index contributed by atoms with van der Waals surface area (Å²) in [6, 6.07) is 20.2. The van der Waals surface area contributed by atoms with E-state index in [1.165, 1.54) is 5.56 Å². The summed E-state index contributed by atoms with van der Waals surface area (Å²) in [4.78, 5) is 4.72. The smallest absolute Gasteiger partial charge is 0.128 e. The van der Waals surface area contributed by atoms with Crippen molar-refractivity contribution in [2.45, 2.75) is 26.4 Å². The minimum absolute atomic E-state index is 0.437. The molecule has 0 saturated carbocycles. The molecule has 0 amide bonds. The van der Waals surface area contributed by atoms with Crippen molar-refractivity contribution in [1.82, 2.24) is 4.98 Å². The van der Waals surface area contributed by atoms with Gasteiger partial charge in [-0.15, -0.1) is 0 Å². The molecule has 0 N–H and O–H groups in total. The van der Waals surface area contributed by atoms with Crippen LogP contribution in [-0.4, -0.2) is 10.6 Å². The summed E-state index contributed by atoms with van der Waals surface area (Å²) < 4.78 is 6.06. The topological polar surface area (TPSA) is 45.9 Å². The molecule has 3 nitrogen and oxygen atoms in total. The van der Waals surface area contributed by atoms with Gasteiger partial charge in [0.25, 0.3) is 0 Å². The van der Waals surface area contributed by atoms with Gasteiger partial charge in [0, 0.05) is 22.9 Å². The van der Waals surface area contributed by atoms with E-state index in [0.717, 1.165) is 33.7 Å². The van der Waals surface area contributed by atoms with Gasteiger partial charge in [-0.25, -0.2) is 0 Å². The Labute approximate surface area is 159 Å². The molecule has 132 valence electrons. The van der Waals surface area contributed by atoms with Gasteiger partial charge >= 0.3 is 0 Å². The highest BCUT2D eigenvalue weighted by Crippen LogP contribution is 2.39. The number of nitrogens with zero attached hydrogens (tertiary/aromatic N) is 2. The van der Waals surface area contributed by atoms with Gasteiger partial charge in [0.05, 0.1) is 17.3 Å². The van der Waals surface area contributed by atoms with Crippen LogP contribution in [0.4, 0.5) is 0 Å². The van der Waals surface area contributed by atoms with Crippen molar-refractivity contribution >= 4 is 5.57 Å². The maximum absolute atomic E-state index is 9.26. The lowest BCUT2D eigenvalue weighted by molar-refractivity contribution is 0.158. The lowest BCUT2D eigenvalue weighted by atomic mass is 9.91. The molecule has 1 aliphatic heterocycles. The molecule has 0 fully saturated rings. The van der Waals surface area contributed by atoms with Gasteiger partial charge in [-0.05, 0) is 56.7 Å². The molecule has 2 aromatic carbocycles. The number of hydrogen-bond donors (Lipinski definition) is 0. The first-order valence-corrected chi connectivity index (χ1v) is 8.95. The van der Waals surface area contributed by atoms with E-state index in [1.807, 2.05) is 38.2 Å². The van der Waals surface area contributed by atoms with E-state index in [0.29, 0.717) is 5.56 Å². The molecule has 3 heteroatoms. The van der Waals surface area contributed by atoms with Crippen LogP contribution in [0.2, 0.25) is 0 Å². The van der Waals surface area contributed by atoms with E-state index >= 15 is 0 Å². The van der Waals surface area contributed by atoms with Crippen LogP contribution in [0.25, 0.3) is 16.7 Å². The molecule has 3 aromatic rings. The van der Waals surface area contributed by atoms with Crippen molar-refractivity contribution in [3.63, 3.8) is 0 Å². The van der Waals surface area contributed by atoms with E-state index in [4.69, 9.17) is 9.72 Å². The quantitative estimate of drug-likeness (QED) is 0.609. The van der Waals surface area contributed by atoms with Gasteiger partial charge in [0.1, 0.15) is 11.4 Å². The maximum Gasteiger partial charge on any atom is 0.128 e. The summed E-state index contributed by atoms with van der Waals surface area (Å²) in [5.41, 5.74) is 6.41. The number of aromatic nitrogens is 1. The van der Waals surface area contributed by atoms with E-state index in [9.17, 15) is 5.26 Å². The van der Waals surface area contributed by atoms with Crippen LogP contribution in [0.5, 0.6) is 5.75 Å². The van der Waals surface area contributed by atoms with Gasteiger partial charge in [-0.1, -0.05) is 35.9 Å². The van der Waals surface area contributed by atoms with Crippen LogP contribution in [-0.2, 0) is 0 Å². The van der Waals surface area contributed by atoms with Crippen LogP contribution in [0.3, 0.4) is 0 Å². The minimum Gasteiger partial charge on any atom is -0.483 e. The Bertz CT molecular complexity index is 1090. The Kier molecular flexibility index (Phi) is 4.05. The van der Waals surface area contributed by atoms with Crippen LogP contribution < -0.4 is 4.74 Å². The first-order valence-electron chi connectivity index (χ1n) is 8.95. The molecule has 1 aliphatic rings. The number of ether oxygens (including phenoxy) is 1. The first kappa shape index (κ1) is 17.1. The predicted octanol–water partition coefficient (Wildman–Crippen LogP) is 5.53. The van der Waals surface area contributed by atoms with Gasteiger partial charge in [-0.3, -0.25) is 4.98 Å². The third-order valence-corrected chi connectivity index (χ3v) is 4.65. The Hall–Kier alpha value is -3.38. The molecule has 0 saturated heterocycles. The van der Waals surface area contributed by atoms with Crippen molar-refractivity contribution in [2.75, 3.05) is 0 Å². The Morgan fingerprint density at radius 1 is 1.00 bits per heavy atom. The summed E-state index contributed by atoms with van der Waals surface area (Å²) in [5, 5.41) is 9.26.